The zero-order valence-electron chi connectivity index (χ0n) is 12.6. The van der Waals surface area contributed by atoms with Gasteiger partial charge in [-0.3, -0.25) is 4.79 Å². The van der Waals surface area contributed by atoms with Crippen molar-refractivity contribution < 1.29 is 14.7 Å². The number of benzene rings is 1. The summed E-state index contributed by atoms with van der Waals surface area (Å²) in [5.41, 5.74) is 0.632. The van der Waals surface area contributed by atoms with Crippen molar-refractivity contribution in [3.8, 4) is 0 Å². The minimum absolute atomic E-state index is 0.301. The lowest BCUT2D eigenvalue weighted by atomic mass is 9.98. The van der Waals surface area contributed by atoms with E-state index in [9.17, 15) is 14.7 Å². The lowest BCUT2D eigenvalue weighted by molar-refractivity contribution is -0.143. The predicted octanol–water partition coefficient (Wildman–Crippen LogP) is 3.25. The lowest BCUT2D eigenvalue weighted by Gasteiger charge is -2.25. The Hall–Kier alpha value is -0.790. The van der Waals surface area contributed by atoms with Gasteiger partial charge in [0.05, 0.1) is 4.58 Å². The number of aliphatic carboxylic acids is 1. The van der Waals surface area contributed by atoms with Gasteiger partial charge in [0.25, 0.3) is 5.91 Å². The zero-order chi connectivity index (χ0) is 16.3. The third-order valence-electron chi connectivity index (χ3n) is 4.06. The summed E-state index contributed by atoms with van der Waals surface area (Å²) in [6.07, 6.45) is 1.73. The molecule has 0 aromatic heterocycles. The summed E-state index contributed by atoms with van der Waals surface area (Å²) in [4.78, 5) is 23.9. The van der Waals surface area contributed by atoms with Crippen LogP contribution in [0.2, 0.25) is 0 Å². The lowest BCUT2D eigenvalue weighted by Crippen LogP contribution is -2.54. The molecule has 1 amide bonds. The molecule has 1 aromatic carbocycles. The van der Waals surface area contributed by atoms with E-state index in [1.807, 2.05) is 35.7 Å². The molecule has 0 spiro atoms. The van der Waals surface area contributed by atoms with Crippen LogP contribution in [0, 0.1) is 0 Å². The van der Waals surface area contributed by atoms with Gasteiger partial charge in [-0.1, -0.05) is 12.1 Å². The van der Waals surface area contributed by atoms with E-state index in [0.717, 1.165) is 5.75 Å². The summed E-state index contributed by atoms with van der Waals surface area (Å²) >= 11 is 5.45. The molecular formula is C16H19NO3S3. The summed E-state index contributed by atoms with van der Waals surface area (Å²) < 4.78 is 0.442. The summed E-state index contributed by atoms with van der Waals surface area (Å²) in [6.45, 7) is 0. The number of nitrogens with one attached hydrogen (secondary N) is 1. The maximum atomic E-state index is 12.4. The minimum atomic E-state index is -1.12. The predicted molar refractivity (Wildman–Crippen MR) is 98.5 cm³/mol. The van der Waals surface area contributed by atoms with Gasteiger partial charge in [0.2, 0.25) is 0 Å². The average Bonchev–Trinajstić information content (AvgIpc) is 3.06. The van der Waals surface area contributed by atoms with E-state index in [1.165, 1.54) is 23.5 Å². The molecule has 0 aliphatic carbocycles. The van der Waals surface area contributed by atoms with Crippen LogP contribution in [0.3, 0.4) is 0 Å². The first-order chi connectivity index (χ1) is 11.1. The van der Waals surface area contributed by atoms with Crippen LogP contribution in [-0.4, -0.2) is 45.5 Å². The number of hydrogen-bond acceptors (Lipinski definition) is 5. The Balaban J connectivity index is 1.69. The SMILES string of the molecule is O=C(NC1(C(=O)O)CCSC1)c1ccc(C2SCCCS2)cc1. The molecule has 2 heterocycles. The fourth-order valence-electron chi connectivity index (χ4n) is 2.65. The van der Waals surface area contributed by atoms with Gasteiger partial charge in [-0.2, -0.15) is 11.8 Å². The fraction of sp³-hybridized carbons (Fsp3) is 0.500. The van der Waals surface area contributed by atoms with Gasteiger partial charge in [0, 0.05) is 11.3 Å². The van der Waals surface area contributed by atoms with E-state index in [1.54, 1.807) is 23.9 Å². The van der Waals surface area contributed by atoms with Gasteiger partial charge in [0.1, 0.15) is 5.54 Å². The van der Waals surface area contributed by atoms with Gasteiger partial charge in [-0.25, -0.2) is 4.79 Å². The third kappa shape index (κ3) is 3.83. The number of thioether (sulfide) groups is 3. The molecule has 2 fully saturated rings. The Morgan fingerprint density at radius 1 is 1.13 bits per heavy atom. The van der Waals surface area contributed by atoms with E-state index in [4.69, 9.17) is 0 Å². The second-order valence-electron chi connectivity index (χ2n) is 5.69. The monoisotopic (exact) mass is 369 g/mol. The summed E-state index contributed by atoms with van der Waals surface area (Å²) in [6, 6.07) is 7.58. The van der Waals surface area contributed by atoms with E-state index in [-0.39, 0.29) is 5.91 Å². The second kappa shape index (κ2) is 7.40. The Kier molecular flexibility index (Phi) is 5.49. The van der Waals surface area contributed by atoms with E-state index in [2.05, 4.69) is 5.32 Å². The number of amides is 1. The highest BCUT2D eigenvalue weighted by atomic mass is 32.2. The number of carbonyl (C=O) groups excluding carboxylic acids is 1. The molecule has 2 saturated heterocycles. The molecule has 1 atom stereocenters. The Labute approximate surface area is 148 Å². The average molecular weight is 370 g/mol. The molecule has 1 aromatic rings. The molecule has 2 aliphatic rings. The normalized spacial score (nSPS) is 25.2. The van der Waals surface area contributed by atoms with Gasteiger partial charge in [-0.05, 0) is 47.8 Å². The van der Waals surface area contributed by atoms with Crippen molar-refractivity contribution in [3.63, 3.8) is 0 Å². The van der Waals surface area contributed by atoms with Crippen LogP contribution in [0.25, 0.3) is 0 Å². The van der Waals surface area contributed by atoms with Crippen LogP contribution in [0.15, 0.2) is 24.3 Å². The first-order valence-electron chi connectivity index (χ1n) is 7.58. The molecule has 1 unspecified atom stereocenters. The van der Waals surface area contributed by atoms with Crippen LogP contribution in [0.1, 0.15) is 33.3 Å². The van der Waals surface area contributed by atoms with E-state index in [0.29, 0.717) is 22.3 Å². The van der Waals surface area contributed by atoms with Gasteiger partial charge in [0.15, 0.2) is 0 Å². The largest absolute Gasteiger partial charge is 0.479 e. The zero-order valence-corrected chi connectivity index (χ0v) is 15.1. The molecule has 7 heteroatoms. The van der Waals surface area contributed by atoms with Crippen molar-refractivity contribution in [2.75, 3.05) is 23.0 Å². The standard InChI is InChI=1S/C16H19NO3S3/c18-13(17-16(15(19)20)6-9-21-10-16)11-2-4-12(5-3-11)14-22-7-1-8-23-14/h2-5,14H,1,6-10H2,(H,17,18)(H,19,20). The number of carbonyl (C=O) groups is 2. The third-order valence-corrected chi connectivity index (χ3v) is 8.26. The van der Waals surface area contributed by atoms with Crippen molar-refractivity contribution in [1.29, 1.82) is 0 Å². The number of hydrogen-bond donors (Lipinski definition) is 2. The van der Waals surface area contributed by atoms with Crippen LogP contribution in [0.4, 0.5) is 0 Å². The maximum absolute atomic E-state index is 12.4. The molecular weight excluding hydrogens is 350 g/mol. The number of carboxylic acid groups (broad SMARTS) is 1. The quantitative estimate of drug-likeness (QED) is 0.849. The van der Waals surface area contributed by atoms with Crippen LogP contribution < -0.4 is 5.32 Å². The molecule has 0 radical (unpaired) electrons. The van der Waals surface area contributed by atoms with E-state index < -0.39 is 11.5 Å². The summed E-state index contributed by atoms with van der Waals surface area (Å²) in [7, 11) is 0. The number of rotatable bonds is 4. The fourth-order valence-corrected chi connectivity index (χ4v) is 6.87. The van der Waals surface area contributed by atoms with Crippen LogP contribution in [0.5, 0.6) is 0 Å². The molecule has 0 bridgehead atoms. The Bertz CT molecular complexity index is 579. The molecule has 2 N–H and O–H groups in total. The van der Waals surface area contributed by atoms with Crippen molar-refractivity contribution >= 4 is 47.2 Å². The highest BCUT2D eigenvalue weighted by molar-refractivity contribution is 8.16. The molecule has 3 rings (SSSR count). The number of carboxylic acids is 1. The molecule has 23 heavy (non-hydrogen) atoms. The van der Waals surface area contributed by atoms with Crippen molar-refractivity contribution in [2.24, 2.45) is 0 Å². The van der Waals surface area contributed by atoms with Crippen molar-refractivity contribution in [2.45, 2.75) is 23.0 Å². The Morgan fingerprint density at radius 3 is 2.39 bits per heavy atom. The smallest absolute Gasteiger partial charge is 0.330 e. The summed E-state index contributed by atoms with van der Waals surface area (Å²) in [5, 5.41) is 12.2. The molecule has 4 nitrogen and oxygen atoms in total. The van der Waals surface area contributed by atoms with Gasteiger partial charge < -0.3 is 10.4 Å². The minimum Gasteiger partial charge on any atom is -0.479 e. The highest BCUT2D eigenvalue weighted by Gasteiger charge is 2.43. The van der Waals surface area contributed by atoms with Crippen molar-refractivity contribution in [1.82, 2.24) is 5.32 Å². The second-order valence-corrected chi connectivity index (χ2v) is 9.52. The first-order valence-corrected chi connectivity index (χ1v) is 10.8. The maximum Gasteiger partial charge on any atom is 0.330 e. The van der Waals surface area contributed by atoms with Crippen LogP contribution in [-0.2, 0) is 4.79 Å². The highest BCUT2D eigenvalue weighted by Crippen LogP contribution is 2.43. The molecule has 0 saturated carbocycles. The molecule has 124 valence electrons. The molecule has 2 aliphatic heterocycles. The van der Waals surface area contributed by atoms with E-state index >= 15 is 0 Å². The topological polar surface area (TPSA) is 66.4 Å². The Morgan fingerprint density at radius 2 is 1.83 bits per heavy atom. The van der Waals surface area contributed by atoms with Gasteiger partial charge >= 0.3 is 5.97 Å². The van der Waals surface area contributed by atoms with Gasteiger partial charge in [-0.15, -0.1) is 23.5 Å². The summed E-state index contributed by atoms with van der Waals surface area (Å²) in [5.74, 6) is 2.31. The first kappa shape index (κ1) is 17.0. The van der Waals surface area contributed by atoms with Crippen molar-refractivity contribution in [3.05, 3.63) is 35.4 Å². The van der Waals surface area contributed by atoms with Crippen LogP contribution >= 0.6 is 35.3 Å².